The number of halogens is 1. The van der Waals surface area contributed by atoms with Crippen molar-refractivity contribution in [1.29, 1.82) is 0 Å². The van der Waals surface area contributed by atoms with Crippen LogP contribution in [-0.4, -0.2) is 19.6 Å². The molecule has 0 aliphatic carbocycles. The van der Waals surface area contributed by atoms with Gasteiger partial charge < -0.3 is 10.5 Å². The molecule has 0 unspecified atom stereocenters. The normalized spacial score (nSPS) is 8.23. The molecule has 0 bridgehead atoms. The zero-order valence-electron chi connectivity index (χ0n) is 7.37. The summed E-state index contributed by atoms with van der Waals surface area (Å²) in [6.07, 6.45) is 0. The van der Waals surface area contributed by atoms with Crippen molar-refractivity contribution in [3.63, 3.8) is 0 Å². The molecular formula is C9H12BrNO2. The number of hydrogen-bond acceptors (Lipinski definition) is 3. The predicted octanol–water partition coefficient (Wildman–Crippen LogP) is 1.57. The van der Waals surface area contributed by atoms with Crippen LogP contribution >= 0.6 is 15.9 Å². The van der Waals surface area contributed by atoms with Gasteiger partial charge in [0.2, 0.25) is 0 Å². The Morgan fingerprint density at radius 1 is 1.46 bits per heavy atom. The van der Waals surface area contributed by atoms with Crippen LogP contribution in [0.15, 0.2) is 34.8 Å². The fraction of sp³-hybridized carbons (Fsp3) is 0.222. The monoisotopic (exact) mass is 245 g/mol. The van der Waals surface area contributed by atoms with E-state index < -0.39 is 0 Å². The summed E-state index contributed by atoms with van der Waals surface area (Å²) in [5.74, 6) is -0.380. The lowest BCUT2D eigenvalue weighted by Crippen LogP contribution is -2.14. The largest absolute Gasteiger partial charge is 0.468 e. The van der Waals surface area contributed by atoms with E-state index in [2.05, 4.69) is 20.7 Å². The summed E-state index contributed by atoms with van der Waals surface area (Å²) in [4.78, 5) is 9.83. The van der Waals surface area contributed by atoms with Gasteiger partial charge in [-0.05, 0) is 12.1 Å². The van der Waals surface area contributed by atoms with Crippen molar-refractivity contribution in [3.05, 3.63) is 34.8 Å². The number of methoxy groups -OCH3 is 1. The van der Waals surface area contributed by atoms with Crippen LogP contribution < -0.4 is 5.73 Å². The number of esters is 1. The average molecular weight is 246 g/mol. The van der Waals surface area contributed by atoms with E-state index in [-0.39, 0.29) is 12.5 Å². The zero-order valence-corrected chi connectivity index (χ0v) is 8.95. The maximum absolute atomic E-state index is 9.83. The lowest BCUT2D eigenvalue weighted by Gasteiger charge is -1.87. The molecule has 0 heterocycles. The summed E-state index contributed by atoms with van der Waals surface area (Å²) >= 11 is 3.31. The fourth-order valence-corrected chi connectivity index (χ4v) is 0.803. The number of rotatable bonds is 1. The number of carbonyl (C=O) groups is 1. The molecule has 0 saturated carbocycles. The smallest absolute Gasteiger partial charge is 0.319 e. The van der Waals surface area contributed by atoms with Crippen molar-refractivity contribution in [2.24, 2.45) is 5.73 Å². The molecule has 1 aromatic rings. The van der Waals surface area contributed by atoms with Gasteiger partial charge >= 0.3 is 5.97 Å². The van der Waals surface area contributed by atoms with Gasteiger partial charge in [0.05, 0.1) is 13.7 Å². The molecule has 0 spiro atoms. The van der Waals surface area contributed by atoms with Crippen molar-refractivity contribution < 1.29 is 9.53 Å². The molecule has 0 radical (unpaired) electrons. The van der Waals surface area contributed by atoms with Gasteiger partial charge in [0, 0.05) is 4.47 Å². The molecule has 0 aromatic heterocycles. The Kier molecular flexibility index (Phi) is 7.24. The van der Waals surface area contributed by atoms with Crippen LogP contribution in [0.1, 0.15) is 0 Å². The Morgan fingerprint density at radius 2 is 2.00 bits per heavy atom. The van der Waals surface area contributed by atoms with Crippen molar-refractivity contribution in [2.45, 2.75) is 0 Å². The average Bonchev–Trinajstić information content (AvgIpc) is 2.19. The maximum atomic E-state index is 9.83. The second-order valence-electron chi connectivity index (χ2n) is 2.08. The minimum absolute atomic E-state index is 0.0312. The first-order chi connectivity index (χ1) is 6.20. The molecule has 13 heavy (non-hydrogen) atoms. The second-order valence-corrected chi connectivity index (χ2v) is 2.99. The van der Waals surface area contributed by atoms with Crippen molar-refractivity contribution in [1.82, 2.24) is 0 Å². The van der Waals surface area contributed by atoms with Gasteiger partial charge in [0.1, 0.15) is 0 Å². The lowest BCUT2D eigenvalue weighted by atomic mass is 10.4. The van der Waals surface area contributed by atoms with Gasteiger partial charge in [-0.1, -0.05) is 34.1 Å². The summed E-state index contributed by atoms with van der Waals surface area (Å²) in [7, 11) is 1.30. The van der Waals surface area contributed by atoms with Gasteiger partial charge in [-0.3, -0.25) is 4.79 Å². The van der Waals surface area contributed by atoms with Gasteiger partial charge in [0.25, 0.3) is 0 Å². The highest BCUT2D eigenvalue weighted by Crippen LogP contribution is 2.05. The Balaban J connectivity index is 0.000000226. The lowest BCUT2D eigenvalue weighted by molar-refractivity contribution is -0.138. The van der Waals surface area contributed by atoms with Crippen molar-refractivity contribution in [3.8, 4) is 0 Å². The fourth-order valence-electron chi connectivity index (χ4n) is 0.498. The topological polar surface area (TPSA) is 52.3 Å². The third-order valence-electron chi connectivity index (χ3n) is 1.13. The molecule has 2 N–H and O–H groups in total. The van der Waals surface area contributed by atoms with E-state index in [1.54, 1.807) is 0 Å². The molecule has 0 saturated heterocycles. The van der Waals surface area contributed by atoms with Crippen molar-refractivity contribution >= 4 is 21.9 Å². The molecule has 3 nitrogen and oxygen atoms in total. The molecule has 0 fully saturated rings. The number of nitrogens with two attached hydrogens (primary N) is 1. The van der Waals surface area contributed by atoms with Crippen LogP contribution in [0.5, 0.6) is 0 Å². The molecule has 4 heteroatoms. The highest BCUT2D eigenvalue weighted by atomic mass is 79.9. The minimum Gasteiger partial charge on any atom is -0.468 e. The van der Waals surface area contributed by atoms with Gasteiger partial charge in [-0.2, -0.15) is 0 Å². The Morgan fingerprint density at radius 3 is 2.15 bits per heavy atom. The van der Waals surface area contributed by atoms with Crippen LogP contribution in [0.25, 0.3) is 0 Å². The number of ether oxygens (including phenoxy) is 1. The Bertz CT molecular complexity index is 233. The van der Waals surface area contributed by atoms with Gasteiger partial charge in [-0.25, -0.2) is 0 Å². The first kappa shape index (κ1) is 12.1. The van der Waals surface area contributed by atoms with E-state index in [1.165, 1.54) is 7.11 Å². The van der Waals surface area contributed by atoms with E-state index >= 15 is 0 Å². The summed E-state index contributed by atoms with van der Waals surface area (Å²) < 4.78 is 5.27. The van der Waals surface area contributed by atoms with E-state index in [0.29, 0.717) is 0 Å². The van der Waals surface area contributed by atoms with Crippen LogP contribution in [0, 0.1) is 0 Å². The Labute approximate surface area is 86.0 Å². The van der Waals surface area contributed by atoms with Crippen LogP contribution in [0.2, 0.25) is 0 Å². The van der Waals surface area contributed by atoms with E-state index in [9.17, 15) is 4.79 Å². The van der Waals surface area contributed by atoms with E-state index in [4.69, 9.17) is 5.73 Å². The third-order valence-corrected chi connectivity index (χ3v) is 1.66. The number of hydrogen-bond donors (Lipinski definition) is 1. The first-order valence-corrected chi connectivity index (χ1v) is 4.47. The standard InChI is InChI=1S/C6H5Br.C3H7NO2/c7-6-4-2-1-3-5-6;1-6-3(5)2-4/h1-5H;2,4H2,1H3. The summed E-state index contributed by atoms with van der Waals surface area (Å²) in [6.45, 7) is -0.0312. The molecular weight excluding hydrogens is 234 g/mol. The Hall–Kier alpha value is -0.870. The van der Waals surface area contributed by atoms with E-state index in [0.717, 1.165) is 4.47 Å². The van der Waals surface area contributed by atoms with Crippen molar-refractivity contribution in [2.75, 3.05) is 13.7 Å². The third kappa shape index (κ3) is 7.49. The zero-order chi connectivity index (χ0) is 10.1. The molecule has 0 atom stereocenters. The molecule has 1 aromatic carbocycles. The molecule has 0 aliphatic heterocycles. The van der Waals surface area contributed by atoms with Crippen LogP contribution in [0.3, 0.4) is 0 Å². The quantitative estimate of drug-likeness (QED) is 0.765. The molecule has 0 amide bonds. The first-order valence-electron chi connectivity index (χ1n) is 3.68. The summed E-state index contributed by atoms with van der Waals surface area (Å²) in [6, 6.07) is 9.97. The highest BCUT2D eigenvalue weighted by Gasteiger charge is 1.87. The van der Waals surface area contributed by atoms with E-state index in [1.807, 2.05) is 30.3 Å². The highest BCUT2D eigenvalue weighted by molar-refractivity contribution is 9.10. The summed E-state index contributed by atoms with van der Waals surface area (Å²) in [5.41, 5.74) is 4.81. The molecule has 0 aliphatic rings. The minimum atomic E-state index is -0.380. The molecule has 1 rings (SSSR count). The van der Waals surface area contributed by atoms with Gasteiger partial charge in [0.15, 0.2) is 0 Å². The summed E-state index contributed by atoms with van der Waals surface area (Å²) in [5, 5.41) is 0. The van der Waals surface area contributed by atoms with Crippen LogP contribution in [0.4, 0.5) is 0 Å². The van der Waals surface area contributed by atoms with Gasteiger partial charge in [-0.15, -0.1) is 0 Å². The number of benzene rings is 1. The SMILES string of the molecule is Brc1ccccc1.COC(=O)CN. The molecule has 72 valence electrons. The second kappa shape index (κ2) is 7.76. The van der Waals surface area contributed by atoms with Crippen LogP contribution in [-0.2, 0) is 9.53 Å². The predicted molar refractivity (Wildman–Crippen MR) is 55.2 cm³/mol. The maximum Gasteiger partial charge on any atom is 0.319 e. The number of carbonyl (C=O) groups excluding carboxylic acids is 1.